The second-order valence-corrected chi connectivity index (χ2v) is 20.9. The van der Waals surface area contributed by atoms with Crippen LogP contribution in [0.25, 0.3) is 66.1 Å². The molecule has 0 aliphatic heterocycles. The SMILES string of the molecule is c1ccc(C2c3ccccc3-c3c2ccc2c3c3ccccc3n2-c2ccc([Si](c3ccccc3)(c3ccccc3)c3cccc4c3c3ccccc3n4-c3ccccc3)cc2)cc1. The lowest BCUT2D eigenvalue weighted by Gasteiger charge is -2.35. The minimum Gasteiger partial charge on any atom is -0.309 e. The van der Waals surface area contributed by atoms with Crippen LogP contribution >= 0.6 is 0 Å². The maximum atomic E-state index is 2.50. The minimum atomic E-state index is -3.00. The highest BCUT2D eigenvalue weighted by molar-refractivity contribution is 7.20. The van der Waals surface area contributed by atoms with Crippen molar-refractivity contribution < 1.29 is 0 Å². The molecule has 0 fully saturated rings. The number of benzene rings is 10. The van der Waals surface area contributed by atoms with Crippen LogP contribution in [-0.2, 0) is 0 Å². The van der Waals surface area contributed by atoms with Gasteiger partial charge in [-0.3, -0.25) is 0 Å². The van der Waals surface area contributed by atoms with Crippen LogP contribution in [0.3, 0.4) is 0 Å². The molecule has 3 heteroatoms. The fourth-order valence-corrected chi connectivity index (χ4v) is 16.4. The number of para-hydroxylation sites is 3. The van der Waals surface area contributed by atoms with E-state index >= 15 is 0 Å². The molecule has 13 rings (SSSR count). The number of hydrogen-bond donors (Lipinski definition) is 0. The predicted octanol–water partition coefficient (Wildman–Crippen LogP) is 12.4. The van der Waals surface area contributed by atoms with E-state index in [1.165, 1.54) is 92.2 Å². The lowest BCUT2D eigenvalue weighted by atomic mass is 9.89. The van der Waals surface area contributed by atoms with E-state index in [9.17, 15) is 0 Å². The van der Waals surface area contributed by atoms with Gasteiger partial charge >= 0.3 is 0 Å². The van der Waals surface area contributed by atoms with Gasteiger partial charge in [-0.1, -0.05) is 200 Å². The van der Waals surface area contributed by atoms with Crippen molar-refractivity contribution >= 4 is 72.4 Å². The van der Waals surface area contributed by atoms with Crippen molar-refractivity contribution in [1.29, 1.82) is 0 Å². The molecule has 2 aromatic heterocycles. The zero-order chi connectivity index (χ0) is 42.2. The van der Waals surface area contributed by atoms with Crippen LogP contribution in [-0.4, -0.2) is 17.2 Å². The fourth-order valence-electron chi connectivity index (χ4n) is 11.4. The van der Waals surface area contributed by atoms with Crippen LogP contribution in [0.1, 0.15) is 22.6 Å². The molecule has 1 atom stereocenters. The topological polar surface area (TPSA) is 9.86 Å². The Hall–Kier alpha value is -7.98. The molecule has 2 heterocycles. The fraction of sp³-hybridized carbons (Fsp3) is 0.0164. The third-order valence-electron chi connectivity index (χ3n) is 13.9. The number of rotatable bonds is 7. The largest absolute Gasteiger partial charge is 0.309 e. The molecule has 12 aromatic rings. The molecular weight excluding hydrogens is 789 g/mol. The van der Waals surface area contributed by atoms with Gasteiger partial charge in [-0.25, -0.2) is 0 Å². The first-order valence-corrected chi connectivity index (χ1v) is 24.3. The molecule has 1 aliphatic rings. The van der Waals surface area contributed by atoms with E-state index in [2.05, 4.69) is 258 Å². The summed E-state index contributed by atoms with van der Waals surface area (Å²) in [5.41, 5.74) is 14.0. The van der Waals surface area contributed by atoms with Gasteiger partial charge in [0.15, 0.2) is 8.07 Å². The molecule has 0 radical (unpaired) electrons. The standard InChI is InChI=1S/C61H42N2Si/c1-5-20-42(21-6-1)58-48-28-13-14-29-49(48)59-52(58)40-41-56-61(59)51-31-16-18-33-54(51)63(56)44-36-38-47(39-37-44)64(45-24-9-3-10-25-45,46-26-11-4-12-27-46)57-35-19-34-55-60(57)50-30-15-17-32-53(50)62(55)43-22-7-2-8-23-43/h1-41,58H. The second-order valence-electron chi connectivity index (χ2n) is 17.1. The third kappa shape index (κ3) is 5.25. The van der Waals surface area contributed by atoms with Crippen molar-refractivity contribution in [3.63, 3.8) is 0 Å². The second kappa shape index (κ2) is 14.6. The Morgan fingerprint density at radius 3 is 1.45 bits per heavy atom. The monoisotopic (exact) mass is 830 g/mol. The van der Waals surface area contributed by atoms with E-state index in [0.717, 1.165) is 11.4 Å². The summed E-state index contributed by atoms with van der Waals surface area (Å²) in [6.45, 7) is 0. The average molecular weight is 831 g/mol. The third-order valence-corrected chi connectivity index (χ3v) is 18.8. The number of aromatic nitrogens is 2. The smallest absolute Gasteiger partial charge is 0.180 e. The van der Waals surface area contributed by atoms with Crippen LogP contribution in [0.4, 0.5) is 0 Å². The Kier molecular flexibility index (Phi) is 8.34. The highest BCUT2D eigenvalue weighted by Gasteiger charge is 2.43. The van der Waals surface area contributed by atoms with Crippen LogP contribution < -0.4 is 20.7 Å². The molecular formula is C61H42N2Si. The van der Waals surface area contributed by atoms with Crippen LogP contribution in [0, 0.1) is 0 Å². The molecule has 64 heavy (non-hydrogen) atoms. The first-order chi connectivity index (χ1) is 31.8. The number of nitrogens with zero attached hydrogens (tertiary/aromatic N) is 2. The minimum absolute atomic E-state index is 0.193. The Bertz CT molecular complexity index is 3660. The summed E-state index contributed by atoms with van der Waals surface area (Å²) >= 11 is 0. The molecule has 1 unspecified atom stereocenters. The van der Waals surface area contributed by atoms with Gasteiger partial charge in [-0.2, -0.15) is 0 Å². The average Bonchev–Trinajstić information content (AvgIpc) is 4.02. The molecule has 0 saturated heterocycles. The van der Waals surface area contributed by atoms with Gasteiger partial charge in [-0.05, 0) is 97.1 Å². The molecule has 300 valence electrons. The van der Waals surface area contributed by atoms with E-state index in [0.29, 0.717) is 0 Å². The van der Waals surface area contributed by atoms with Crippen LogP contribution in [0.5, 0.6) is 0 Å². The lowest BCUT2D eigenvalue weighted by molar-refractivity contribution is 1.02. The molecule has 0 saturated carbocycles. The predicted molar refractivity (Wildman–Crippen MR) is 272 cm³/mol. The molecule has 0 amide bonds. The van der Waals surface area contributed by atoms with E-state index in [1.54, 1.807) is 0 Å². The van der Waals surface area contributed by atoms with E-state index in [-0.39, 0.29) is 5.92 Å². The normalized spacial score (nSPS) is 13.5. The zero-order valence-corrected chi connectivity index (χ0v) is 36.1. The van der Waals surface area contributed by atoms with Crippen LogP contribution in [0.2, 0.25) is 0 Å². The van der Waals surface area contributed by atoms with Gasteiger partial charge in [0.2, 0.25) is 0 Å². The Labute approximate surface area is 373 Å². The van der Waals surface area contributed by atoms with Crippen molar-refractivity contribution in [1.82, 2.24) is 9.13 Å². The maximum absolute atomic E-state index is 3.00. The van der Waals surface area contributed by atoms with Crippen molar-refractivity contribution in [3.05, 3.63) is 265 Å². The summed E-state index contributed by atoms with van der Waals surface area (Å²) in [5, 5.41) is 10.6. The summed E-state index contributed by atoms with van der Waals surface area (Å²) in [5.74, 6) is 0.193. The Morgan fingerprint density at radius 1 is 0.312 bits per heavy atom. The van der Waals surface area contributed by atoms with E-state index in [4.69, 9.17) is 0 Å². The summed E-state index contributed by atoms with van der Waals surface area (Å²) in [4.78, 5) is 0. The number of hydrogen-bond acceptors (Lipinski definition) is 0. The lowest BCUT2D eigenvalue weighted by Crippen LogP contribution is -2.74. The van der Waals surface area contributed by atoms with Crippen molar-refractivity contribution in [3.8, 4) is 22.5 Å². The van der Waals surface area contributed by atoms with Gasteiger partial charge in [0.05, 0.1) is 22.1 Å². The van der Waals surface area contributed by atoms with Gasteiger partial charge in [0.1, 0.15) is 0 Å². The Balaban J connectivity index is 1.07. The summed E-state index contributed by atoms with van der Waals surface area (Å²) in [6, 6.07) is 92.9. The van der Waals surface area contributed by atoms with Gasteiger partial charge in [-0.15, -0.1) is 0 Å². The number of fused-ring (bicyclic) bond motifs is 10. The van der Waals surface area contributed by atoms with Crippen LogP contribution in [0.15, 0.2) is 249 Å². The highest BCUT2D eigenvalue weighted by atomic mass is 28.3. The van der Waals surface area contributed by atoms with Crippen molar-refractivity contribution in [2.24, 2.45) is 0 Å². The Morgan fingerprint density at radius 2 is 0.797 bits per heavy atom. The van der Waals surface area contributed by atoms with E-state index < -0.39 is 8.07 Å². The molecule has 10 aromatic carbocycles. The molecule has 1 aliphatic carbocycles. The van der Waals surface area contributed by atoms with Gasteiger partial charge in [0.25, 0.3) is 0 Å². The molecule has 2 nitrogen and oxygen atoms in total. The quantitative estimate of drug-likeness (QED) is 0.112. The summed E-state index contributed by atoms with van der Waals surface area (Å²) in [6.07, 6.45) is 0. The van der Waals surface area contributed by atoms with Crippen molar-refractivity contribution in [2.45, 2.75) is 5.92 Å². The summed E-state index contributed by atoms with van der Waals surface area (Å²) < 4.78 is 4.95. The zero-order valence-electron chi connectivity index (χ0n) is 35.1. The van der Waals surface area contributed by atoms with Gasteiger partial charge in [0, 0.05) is 38.8 Å². The summed E-state index contributed by atoms with van der Waals surface area (Å²) in [7, 11) is -3.00. The maximum Gasteiger partial charge on any atom is 0.180 e. The van der Waals surface area contributed by atoms with E-state index in [1.807, 2.05) is 0 Å². The molecule has 0 N–H and O–H groups in total. The first kappa shape index (κ1) is 36.7. The molecule has 0 bridgehead atoms. The van der Waals surface area contributed by atoms with Gasteiger partial charge < -0.3 is 9.13 Å². The van der Waals surface area contributed by atoms with Crippen molar-refractivity contribution in [2.75, 3.05) is 0 Å². The molecule has 0 spiro atoms. The highest BCUT2D eigenvalue weighted by Crippen LogP contribution is 2.52. The first-order valence-electron chi connectivity index (χ1n) is 22.3.